The van der Waals surface area contributed by atoms with Gasteiger partial charge in [0.15, 0.2) is 0 Å². The zero-order valence-electron chi connectivity index (χ0n) is 23.1. The van der Waals surface area contributed by atoms with Crippen molar-refractivity contribution in [3.05, 3.63) is 71.9 Å². The fourth-order valence-corrected chi connectivity index (χ4v) is 4.15. The van der Waals surface area contributed by atoms with Gasteiger partial charge in [-0.15, -0.1) is 0 Å². The van der Waals surface area contributed by atoms with E-state index < -0.39 is 59.8 Å². The molecule has 0 unspecified atom stereocenters. The summed E-state index contributed by atoms with van der Waals surface area (Å²) in [5, 5.41) is 19.9. The molecule has 0 saturated carbocycles. The van der Waals surface area contributed by atoms with E-state index >= 15 is 0 Å². The predicted molar refractivity (Wildman–Crippen MR) is 153 cm³/mol. The molecule has 0 radical (unpaired) electrons. The van der Waals surface area contributed by atoms with Crippen molar-refractivity contribution < 1.29 is 29.1 Å². The van der Waals surface area contributed by atoms with E-state index in [-0.39, 0.29) is 12.8 Å². The predicted octanol–water partition coefficient (Wildman–Crippen LogP) is 0.364. The average Bonchev–Trinajstić information content (AvgIpc) is 3.35. The van der Waals surface area contributed by atoms with Crippen LogP contribution < -0.4 is 27.0 Å². The van der Waals surface area contributed by atoms with Crippen LogP contribution in [-0.2, 0) is 36.8 Å². The number of fused-ring (bicyclic) bond motifs is 1. The van der Waals surface area contributed by atoms with Crippen LogP contribution in [0.3, 0.4) is 0 Å². The smallest absolute Gasteiger partial charge is 0.325 e. The number of carbonyl (C=O) groups is 5. The molecule has 0 saturated heterocycles. The van der Waals surface area contributed by atoms with Gasteiger partial charge in [-0.25, -0.2) is 0 Å². The summed E-state index contributed by atoms with van der Waals surface area (Å²) >= 11 is 0. The van der Waals surface area contributed by atoms with Crippen molar-refractivity contribution >= 4 is 40.5 Å². The van der Waals surface area contributed by atoms with Crippen LogP contribution in [0.1, 0.15) is 31.9 Å². The molecular weight excluding hydrogens is 528 g/mol. The maximum Gasteiger partial charge on any atom is 0.325 e. The number of nitrogens with one attached hydrogen (secondary N) is 5. The molecule has 41 heavy (non-hydrogen) atoms. The highest BCUT2D eigenvalue weighted by atomic mass is 16.4. The Balaban J connectivity index is 1.70. The van der Waals surface area contributed by atoms with E-state index in [0.717, 1.165) is 22.0 Å². The van der Waals surface area contributed by atoms with Gasteiger partial charge in [-0.2, -0.15) is 0 Å². The van der Waals surface area contributed by atoms with Crippen molar-refractivity contribution in [3.8, 4) is 0 Å². The third-order valence-corrected chi connectivity index (χ3v) is 6.60. The van der Waals surface area contributed by atoms with Gasteiger partial charge >= 0.3 is 5.97 Å². The molecule has 5 atom stereocenters. The van der Waals surface area contributed by atoms with E-state index in [1.54, 1.807) is 6.20 Å². The number of aliphatic carboxylic acids is 1. The van der Waals surface area contributed by atoms with Crippen LogP contribution in [0.15, 0.2) is 60.8 Å². The monoisotopic (exact) mass is 564 g/mol. The number of hydrogen-bond donors (Lipinski definition) is 7. The number of hydrogen-bond acceptors (Lipinski definition) is 6. The third kappa shape index (κ3) is 8.64. The number of nitrogens with two attached hydrogens (primary N) is 1. The highest BCUT2D eigenvalue weighted by Crippen LogP contribution is 2.19. The van der Waals surface area contributed by atoms with Crippen LogP contribution in [0.5, 0.6) is 0 Å². The van der Waals surface area contributed by atoms with Gasteiger partial charge in [0.05, 0.1) is 6.04 Å². The van der Waals surface area contributed by atoms with Gasteiger partial charge in [0, 0.05) is 23.5 Å². The third-order valence-electron chi connectivity index (χ3n) is 6.60. The fraction of sp³-hybridized carbons (Fsp3) is 0.345. The van der Waals surface area contributed by atoms with Gasteiger partial charge in [0.1, 0.15) is 24.2 Å². The summed E-state index contributed by atoms with van der Waals surface area (Å²) in [5.41, 5.74) is 8.68. The molecule has 4 amide bonds. The quantitative estimate of drug-likeness (QED) is 0.156. The van der Waals surface area contributed by atoms with E-state index in [1.807, 2.05) is 54.6 Å². The molecule has 12 heteroatoms. The van der Waals surface area contributed by atoms with Crippen molar-refractivity contribution in [3.63, 3.8) is 0 Å². The molecule has 2 aromatic carbocycles. The van der Waals surface area contributed by atoms with Crippen LogP contribution in [0.25, 0.3) is 10.9 Å². The highest BCUT2D eigenvalue weighted by Gasteiger charge is 2.29. The number of carbonyl (C=O) groups excluding carboxylic acids is 4. The first kappa shape index (κ1) is 30.8. The molecule has 12 nitrogen and oxygen atoms in total. The van der Waals surface area contributed by atoms with Crippen molar-refractivity contribution in [1.29, 1.82) is 0 Å². The highest BCUT2D eigenvalue weighted by molar-refractivity contribution is 5.95. The molecule has 0 fully saturated rings. The molecule has 0 spiro atoms. The van der Waals surface area contributed by atoms with E-state index in [4.69, 9.17) is 10.8 Å². The van der Waals surface area contributed by atoms with Crippen LogP contribution in [0, 0.1) is 0 Å². The Kier molecular flexibility index (Phi) is 10.6. The second-order valence-electron chi connectivity index (χ2n) is 9.95. The van der Waals surface area contributed by atoms with E-state index in [1.165, 1.54) is 20.8 Å². The first-order chi connectivity index (χ1) is 19.5. The Labute approximate surface area is 237 Å². The minimum atomic E-state index is -1.22. The molecule has 218 valence electrons. The van der Waals surface area contributed by atoms with Crippen molar-refractivity contribution in [2.75, 3.05) is 0 Å². The molecule has 3 rings (SSSR count). The molecule has 0 bridgehead atoms. The molecular formula is C29H36N6O6. The SMILES string of the molecule is C[C@@H](NC(=O)[C@@H](C)NC(=O)[C@@H](C)NC(=O)[C@@H](Cc1c[nH]c2ccccc12)NC(=O)[C@H](N)Cc1ccccc1)C(=O)O. The molecule has 0 aliphatic carbocycles. The lowest BCUT2D eigenvalue weighted by Gasteiger charge is -2.23. The Morgan fingerprint density at radius 1 is 0.732 bits per heavy atom. The van der Waals surface area contributed by atoms with Crippen molar-refractivity contribution in [2.45, 2.75) is 63.8 Å². The Hall–Kier alpha value is -4.71. The van der Waals surface area contributed by atoms with E-state index in [0.29, 0.717) is 0 Å². The summed E-state index contributed by atoms with van der Waals surface area (Å²) < 4.78 is 0. The topological polar surface area (TPSA) is 196 Å². The van der Waals surface area contributed by atoms with Crippen LogP contribution in [0.2, 0.25) is 0 Å². The standard InChI is InChI=1S/C29H36N6O6/c1-16(26(37)34-18(3)29(40)41)32-25(36)17(2)33-28(39)24(14-20-15-31-23-12-8-7-11-21(20)23)35-27(38)22(30)13-19-9-5-4-6-10-19/h4-12,15-18,22,24,31H,13-14,30H2,1-3H3,(H,32,36)(H,33,39)(H,34,37)(H,35,38)(H,40,41)/t16-,17-,18-,22-,24-/m1/s1. The van der Waals surface area contributed by atoms with Crippen molar-refractivity contribution in [1.82, 2.24) is 26.3 Å². The van der Waals surface area contributed by atoms with Gasteiger partial charge in [0.25, 0.3) is 0 Å². The first-order valence-corrected chi connectivity index (χ1v) is 13.2. The van der Waals surface area contributed by atoms with Gasteiger partial charge < -0.3 is 37.1 Å². The molecule has 8 N–H and O–H groups in total. The number of amides is 4. The van der Waals surface area contributed by atoms with E-state index in [2.05, 4.69) is 26.3 Å². The molecule has 1 aromatic heterocycles. The normalized spacial score (nSPS) is 14.6. The maximum atomic E-state index is 13.4. The summed E-state index contributed by atoms with van der Waals surface area (Å²) in [4.78, 5) is 65.5. The molecule has 0 aliphatic rings. The van der Waals surface area contributed by atoms with Gasteiger partial charge in [-0.1, -0.05) is 48.5 Å². The Morgan fingerprint density at radius 3 is 1.93 bits per heavy atom. The largest absolute Gasteiger partial charge is 0.480 e. The Morgan fingerprint density at radius 2 is 1.29 bits per heavy atom. The average molecular weight is 565 g/mol. The minimum absolute atomic E-state index is 0.125. The summed E-state index contributed by atoms with van der Waals surface area (Å²) in [7, 11) is 0. The van der Waals surface area contributed by atoms with Crippen LogP contribution in [-0.4, -0.2) is 69.9 Å². The number of aromatic nitrogens is 1. The van der Waals surface area contributed by atoms with Crippen molar-refractivity contribution in [2.24, 2.45) is 5.73 Å². The maximum absolute atomic E-state index is 13.4. The number of carboxylic acid groups (broad SMARTS) is 1. The number of aromatic amines is 1. The summed E-state index contributed by atoms with van der Waals surface area (Å²) in [6.07, 6.45) is 2.16. The van der Waals surface area contributed by atoms with Gasteiger partial charge in [0.2, 0.25) is 23.6 Å². The number of H-pyrrole nitrogens is 1. The minimum Gasteiger partial charge on any atom is -0.480 e. The van der Waals surface area contributed by atoms with E-state index in [9.17, 15) is 24.0 Å². The number of carboxylic acids is 1. The lowest BCUT2D eigenvalue weighted by molar-refractivity contribution is -0.141. The number of benzene rings is 2. The Bertz CT molecular complexity index is 1390. The lowest BCUT2D eigenvalue weighted by atomic mass is 10.0. The fourth-order valence-electron chi connectivity index (χ4n) is 4.15. The van der Waals surface area contributed by atoms with Gasteiger partial charge in [-0.3, -0.25) is 24.0 Å². The zero-order chi connectivity index (χ0) is 30.1. The first-order valence-electron chi connectivity index (χ1n) is 13.2. The number of para-hydroxylation sites is 1. The molecule has 1 heterocycles. The lowest BCUT2D eigenvalue weighted by Crippen LogP contribution is -2.57. The molecule has 0 aliphatic heterocycles. The summed E-state index contributed by atoms with van der Waals surface area (Å²) in [5.74, 6) is -3.71. The second-order valence-corrected chi connectivity index (χ2v) is 9.95. The van der Waals surface area contributed by atoms with Crippen LogP contribution in [0.4, 0.5) is 0 Å². The van der Waals surface area contributed by atoms with Crippen LogP contribution >= 0.6 is 0 Å². The summed E-state index contributed by atoms with van der Waals surface area (Å²) in [6, 6.07) is 11.5. The second kappa shape index (κ2) is 14.1. The number of rotatable bonds is 13. The molecule has 3 aromatic rings. The van der Waals surface area contributed by atoms with Gasteiger partial charge in [-0.05, 0) is 44.4 Å². The summed E-state index contributed by atoms with van der Waals surface area (Å²) in [6.45, 7) is 4.12. The zero-order valence-corrected chi connectivity index (χ0v) is 23.1.